The highest BCUT2D eigenvalue weighted by molar-refractivity contribution is 5.85. The Morgan fingerprint density at radius 3 is 2.83 bits per heavy atom. The molecule has 0 amide bonds. The summed E-state index contributed by atoms with van der Waals surface area (Å²) in [6, 6.07) is 7.67. The molecule has 1 unspecified atom stereocenters. The molecule has 1 aromatic heterocycles. The maximum atomic E-state index is 5.38. The van der Waals surface area contributed by atoms with E-state index in [2.05, 4.69) is 20.4 Å². The van der Waals surface area contributed by atoms with Crippen LogP contribution in [0.25, 0.3) is 11.4 Å². The predicted molar refractivity (Wildman–Crippen MR) is 90.8 cm³/mol. The van der Waals surface area contributed by atoms with Gasteiger partial charge in [0.15, 0.2) is 0 Å². The zero-order valence-corrected chi connectivity index (χ0v) is 14.3. The number of aromatic nitrogens is 2. The van der Waals surface area contributed by atoms with E-state index in [1.165, 1.54) is 6.42 Å². The zero-order valence-electron chi connectivity index (χ0n) is 13.5. The number of halogens is 1. The number of methoxy groups -OCH3 is 1. The third-order valence-corrected chi connectivity index (χ3v) is 4.04. The molecule has 23 heavy (non-hydrogen) atoms. The van der Waals surface area contributed by atoms with Crippen LogP contribution in [-0.2, 0) is 6.54 Å². The van der Waals surface area contributed by atoms with Gasteiger partial charge in [0.2, 0.25) is 11.7 Å². The summed E-state index contributed by atoms with van der Waals surface area (Å²) in [5, 5.41) is 7.31. The average Bonchev–Trinajstić information content (AvgIpc) is 3.18. The molecule has 3 rings (SSSR count). The predicted octanol–water partition coefficient (Wildman–Crippen LogP) is 2.21. The molecule has 1 aromatic carbocycles. The lowest BCUT2D eigenvalue weighted by Crippen LogP contribution is -2.24. The topological polar surface area (TPSA) is 63.4 Å². The number of likely N-dealkylation sites (tertiary alicyclic amines) is 1. The molecule has 0 spiro atoms. The van der Waals surface area contributed by atoms with E-state index in [1.807, 2.05) is 31.3 Å². The second-order valence-electron chi connectivity index (χ2n) is 5.69. The number of ether oxygens (including phenoxy) is 1. The van der Waals surface area contributed by atoms with Gasteiger partial charge in [-0.15, -0.1) is 12.4 Å². The van der Waals surface area contributed by atoms with Crippen molar-refractivity contribution in [2.45, 2.75) is 13.0 Å². The molecule has 0 bridgehead atoms. The van der Waals surface area contributed by atoms with E-state index in [0.717, 1.165) is 37.5 Å². The van der Waals surface area contributed by atoms with Gasteiger partial charge in [0.1, 0.15) is 5.75 Å². The van der Waals surface area contributed by atoms with Crippen LogP contribution in [0.15, 0.2) is 28.8 Å². The highest BCUT2D eigenvalue weighted by Crippen LogP contribution is 2.21. The molecule has 126 valence electrons. The Hall–Kier alpha value is -1.63. The Morgan fingerprint density at radius 1 is 1.35 bits per heavy atom. The minimum Gasteiger partial charge on any atom is -0.497 e. The smallest absolute Gasteiger partial charge is 0.241 e. The van der Waals surface area contributed by atoms with Crippen LogP contribution in [0.4, 0.5) is 0 Å². The standard InChI is InChI=1S/C16H22N4O2.ClH/c1-17-9-12-7-8-20(10-12)11-15-18-16(19-22-15)13-3-5-14(21-2)6-4-13;/h3-6,12,17H,7-11H2,1-2H3;1H. The maximum absolute atomic E-state index is 5.38. The van der Waals surface area contributed by atoms with E-state index in [9.17, 15) is 0 Å². The van der Waals surface area contributed by atoms with Crippen LogP contribution in [0, 0.1) is 5.92 Å². The molecule has 1 saturated heterocycles. The van der Waals surface area contributed by atoms with Gasteiger partial charge in [-0.2, -0.15) is 4.98 Å². The van der Waals surface area contributed by atoms with Gasteiger partial charge < -0.3 is 14.6 Å². The Kier molecular flexibility index (Phi) is 6.38. The van der Waals surface area contributed by atoms with Crippen molar-refractivity contribution in [2.75, 3.05) is 33.8 Å². The van der Waals surface area contributed by atoms with Crippen molar-refractivity contribution in [1.29, 1.82) is 0 Å². The minimum absolute atomic E-state index is 0. The molecular formula is C16H23ClN4O2. The summed E-state index contributed by atoms with van der Waals surface area (Å²) in [7, 11) is 3.65. The lowest BCUT2D eigenvalue weighted by Gasteiger charge is -2.12. The van der Waals surface area contributed by atoms with Gasteiger partial charge in [-0.1, -0.05) is 5.16 Å². The Labute approximate surface area is 142 Å². The van der Waals surface area contributed by atoms with Crippen molar-refractivity contribution in [3.05, 3.63) is 30.2 Å². The van der Waals surface area contributed by atoms with Gasteiger partial charge in [-0.25, -0.2) is 0 Å². The van der Waals surface area contributed by atoms with Crippen LogP contribution in [0.5, 0.6) is 5.75 Å². The molecule has 6 nitrogen and oxygen atoms in total. The van der Waals surface area contributed by atoms with Crippen LogP contribution >= 0.6 is 12.4 Å². The zero-order chi connectivity index (χ0) is 15.4. The number of hydrogen-bond acceptors (Lipinski definition) is 6. The summed E-state index contributed by atoms with van der Waals surface area (Å²) in [5.74, 6) is 2.84. The molecule has 1 aliphatic rings. The molecule has 0 saturated carbocycles. The van der Waals surface area contributed by atoms with Crippen molar-refractivity contribution in [1.82, 2.24) is 20.4 Å². The first-order valence-electron chi connectivity index (χ1n) is 7.62. The van der Waals surface area contributed by atoms with Crippen LogP contribution in [-0.4, -0.2) is 48.8 Å². The summed E-state index contributed by atoms with van der Waals surface area (Å²) < 4.78 is 10.5. The summed E-state index contributed by atoms with van der Waals surface area (Å²) in [6.07, 6.45) is 1.22. The first-order chi connectivity index (χ1) is 10.8. The van der Waals surface area contributed by atoms with E-state index in [-0.39, 0.29) is 12.4 Å². The van der Waals surface area contributed by atoms with Gasteiger partial charge in [0, 0.05) is 12.1 Å². The highest BCUT2D eigenvalue weighted by atomic mass is 35.5. The van der Waals surface area contributed by atoms with Crippen LogP contribution in [0.1, 0.15) is 12.3 Å². The quantitative estimate of drug-likeness (QED) is 0.871. The molecule has 0 aliphatic carbocycles. The summed E-state index contributed by atoms with van der Waals surface area (Å²) >= 11 is 0. The molecule has 2 aromatic rings. The first-order valence-corrected chi connectivity index (χ1v) is 7.62. The first kappa shape index (κ1) is 17.7. The van der Waals surface area contributed by atoms with Crippen LogP contribution in [0.3, 0.4) is 0 Å². The fourth-order valence-corrected chi connectivity index (χ4v) is 2.88. The molecule has 1 N–H and O–H groups in total. The SMILES string of the molecule is CNCC1CCN(Cc2nc(-c3ccc(OC)cc3)no2)C1.Cl. The van der Waals surface area contributed by atoms with Gasteiger partial charge >= 0.3 is 0 Å². The van der Waals surface area contributed by atoms with Crippen molar-refractivity contribution >= 4 is 12.4 Å². The summed E-state index contributed by atoms with van der Waals surface area (Å²) in [5.41, 5.74) is 0.935. The van der Waals surface area contributed by atoms with E-state index in [0.29, 0.717) is 17.6 Å². The van der Waals surface area contributed by atoms with Gasteiger partial charge in [0.25, 0.3) is 0 Å². The normalized spacial score (nSPS) is 17.9. The van der Waals surface area contributed by atoms with E-state index in [4.69, 9.17) is 9.26 Å². The van der Waals surface area contributed by atoms with Crippen molar-refractivity contribution in [3.8, 4) is 17.1 Å². The number of nitrogens with one attached hydrogen (secondary N) is 1. The van der Waals surface area contributed by atoms with Gasteiger partial charge in [0.05, 0.1) is 13.7 Å². The number of rotatable bonds is 6. The molecule has 1 aliphatic heterocycles. The van der Waals surface area contributed by atoms with Crippen molar-refractivity contribution in [3.63, 3.8) is 0 Å². The molecule has 1 atom stereocenters. The lowest BCUT2D eigenvalue weighted by atomic mass is 10.1. The second-order valence-corrected chi connectivity index (χ2v) is 5.69. The van der Waals surface area contributed by atoms with E-state index in [1.54, 1.807) is 7.11 Å². The molecular weight excluding hydrogens is 316 g/mol. The number of benzene rings is 1. The third-order valence-electron chi connectivity index (χ3n) is 4.04. The molecule has 0 radical (unpaired) electrons. The molecule has 1 fully saturated rings. The maximum Gasteiger partial charge on any atom is 0.241 e. The fraction of sp³-hybridized carbons (Fsp3) is 0.500. The highest BCUT2D eigenvalue weighted by Gasteiger charge is 2.23. The van der Waals surface area contributed by atoms with Crippen LogP contribution in [0.2, 0.25) is 0 Å². The minimum atomic E-state index is 0. The number of hydrogen-bond donors (Lipinski definition) is 1. The van der Waals surface area contributed by atoms with Gasteiger partial charge in [-0.05, 0) is 56.7 Å². The third kappa shape index (κ3) is 4.43. The fourth-order valence-electron chi connectivity index (χ4n) is 2.88. The largest absolute Gasteiger partial charge is 0.497 e. The average molecular weight is 339 g/mol. The van der Waals surface area contributed by atoms with Crippen LogP contribution < -0.4 is 10.1 Å². The second kappa shape index (κ2) is 8.29. The Morgan fingerprint density at radius 2 is 2.13 bits per heavy atom. The lowest BCUT2D eigenvalue weighted by molar-refractivity contribution is 0.260. The van der Waals surface area contributed by atoms with Gasteiger partial charge in [-0.3, -0.25) is 4.90 Å². The van der Waals surface area contributed by atoms with E-state index < -0.39 is 0 Å². The van der Waals surface area contributed by atoms with Crippen molar-refractivity contribution < 1.29 is 9.26 Å². The monoisotopic (exact) mass is 338 g/mol. The number of nitrogens with zero attached hydrogens (tertiary/aromatic N) is 3. The molecule has 7 heteroatoms. The Bertz CT molecular complexity index is 602. The summed E-state index contributed by atoms with van der Waals surface area (Å²) in [6.45, 7) is 3.97. The van der Waals surface area contributed by atoms with Crippen molar-refractivity contribution in [2.24, 2.45) is 5.92 Å². The molecule has 2 heterocycles. The summed E-state index contributed by atoms with van der Waals surface area (Å²) in [4.78, 5) is 6.86. The Balaban J connectivity index is 0.00000192. The van der Waals surface area contributed by atoms with E-state index >= 15 is 0 Å².